The van der Waals surface area contributed by atoms with Crippen molar-refractivity contribution in [2.75, 3.05) is 6.61 Å². The number of aromatic nitrogens is 1. The van der Waals surface area contributed by atoms with Gasteiger partial charge in [0.1, 0.15) is 5.58 Å². The third kappa shape index (κ3) is 4.86. The van der Waals surface area contributed by atoms with Gasteiger partial charge in [-0.25, -0.2) is 4.98 Å². The number of hydrogen-bond donors (Lipinski definition) is 2. The molecule has 178 valence electrons. The topological polar surface area (TPSA) is 113 Å². The molecule has 34 heavy (non-hydrogen) atoms. The maximum Gasteiger partial charge on any atom is 0.387 e. The number of oxazole rings is 1. The lowest BCUT2D eigenvalue weighted by Gasteiger charge is -2.11. The van der Waals surface area contributed by atoms with Gasteiger partial charge in [0.05, 0.1) is 18.9 Å². The molecule has 2 heterocycles. The quantitative estimate of drug-likeness (QED) is 0.352. The second-order valence-electron chi connectivity index (χ2n) is 7.43. The smallest absolute Gasteiger partial charge is 0.387 e. The van der Waals surface area contributed by atoms with Crippen LogP contribution in [0.4, 0.5) is 8.78 Å². The summed E-state index contributed by atoms with van der Waals surface area (Å²) in [6, 6.07) is 11.1. The molecule has 0 saturated carbocycles. The van der Waals surface area contributed by atoms with Crippen molar-refractivity contribution in [2.24, 2.45) is 5.73 Å². The molecule has 0 unspecified atom stereocenters. The summed E-state index contributed by atoms with van der Waals surface area (Å²) < 4.78 is 46.6. The van der Waals surface area contributed by atoms with Gasteiger partial charge in [-0.05, 0) is 38.1 Å². The van der Waals surface area contributed by atoms with E-state index in [1.54, 1.807) is 20.1 Å². The number of carbonyl (C=O) groups is 1. The average molecular weight is 471 g/mol. The fourth-order valence-corrected chi connectivity index (χ4v) is 3.46. The lowest BCUT2D eigenvalue weighted by Crippen LogP contribution is -2.25. The van der Waals surface area contributed by atoms with E-state index in [2.05, 4.69) is 15.0 Å². The standard InChI is InChI=1S/C24H23F2N3O5/c1-3-31-19-10-14(8-9-18(19)33-24(25)26)23-29-20(21(34-23)13(2)27)22(30)28-11-15-12-32-17-7-5-4-6-16(15)17/h4-10,12-13,24H,3,11,27H2,1-2H3,(H,28,30)/t13-/m0/s1. The van der Waals surface area contributed by atoms with E-state index in [0.717, 1.165) is 16.5 Å². The zero-order chi connectivity index (χ0) is 24.2. The van der Waals surface area contributed by atoms with E-state index in [1.165, 1.54) is 18.2 Å². The molecule has 2 aromatic carbocycles. The number of hydrogen-bond acceptors (Lipinski definition) is 7. The molecule has 0 aliphatic rings. The summed E-state index contributed by atoms with van der Waals surface area (Å²) in [6.45, 7) is 0.819. The Bertz CT molecular complexity index is 1300. The molecule has 2 aromatic heterocycles. The second kappa shape index (κ2) is 9.92. The monoisotopic (exact) mass is 471 g/mol. The number of carbonyl (C=O) groups excluding carboxylic acids is 1. The number of nitrogens with two attached hydrogens (primary N) is 1. The zero-order valence-corrected chi connectivity index (χ0v) is 18.5. The first kappa shape index (κ1) is 23.2. The fraction of sp³-hybridized carbons (Fsp3) is 0.250. The van der Waals surface area contributed by atoms with Gasteiger partial charge in [0, 0.05) is 23.1 Å². The Balaban J connectivity index is 1.60. The van der Waals surface area contributed by atoms with Crippen LogP contribution in [0, 0.1) is 0 Å². The molecule has 0 fully saturated rings. The van der Waals surface area contributed by atoms with Crippen LogP contribution in [0.15, 0.2) is 57.6 Å². The van der Waals surface area contributed by atoms with Crippen molar-refractivity contribution in [1.29, 1.82) is 0 Å². The van der Waals surface area contributed by atoms with Gasteiger partial charge in [0.2, 0.25) is 5.89 Å². The number of nitrogens with one attached hydrogen (secondary N) is 1. The molecule has 0 aliphatic heterocycles. The van der Waals surface area contributed by atoms with E-state index < -0.39 is 18.6 Å². The number of rotatable bonds is 9. The summed E-state index contributed by atoms with van der Waals surface area (Å²) in [5.41, 5.74) is 7.98. The van der Waals surface area contributed by atoms with Gasteiger partial charge >= 0.3 is 6.61 Å². The van der Waals surface area contributed by atoms with E-state index in [4.69, 9.17) is 19.3 Å². The highest BCUT2D eigenvalue weighted by Crippen LogP contribution is 2.35. The van der Waals surface area contributed by atoms with Gasteiger partial charge in [-0.2, -0.15) is 8.78 Å². The van der Waals surface area contributed by atoms with E-state index >= 15 is 0 Å². The van der Waals surface area contributed by atoms with Crippen LogP contribution in [0.5, 0.6) is 11.5 Å². The molecule has 3 N–H and O–H groups in total. The summed E-state index contributed by atoms with van der Waals surface area (Å²) in [4.78, 5) is 17.3. The molecule has 0 bridgehead atoms. The summed E-state index contributed by atoms with van der Waals surface area (Å²) >= 11 is 0. The minimum atomic E-state index is -3.00. The third-order valence-electron chi connectivity index (χ3n) is 4.99. The summed E-state index contributed by atoms with van der Waals surface area (Å²) in [6.07, 6.45) is 1.59. The lowest BCUT2D eigenvalue weighted by atomic mass is 10.1. The number of para-hydroxylation sites is 1. The molecular weight excluding hydrogens is 448 g/mol. The van der Waals surface area contributed by atoms with Crippen molar-refractivity contribution in [1.82, 2.24) is 10.3 Å². The maximum atomic E-state index is 12.9. The van der Waals surface area contributed by atoms with Crippen LogP contribution in [0.3, 0.4) is 0 Å². The Morgan fingerprint density at radius 2 is 2.00 bits per heavy atom. The van der Waals surface area contributed by atoms with Crippen LogP contribution in [-0.2, 0) is 6.54 Å². The highest BCUT2D eigenvalue weighted by Gasteiger charge is 2.24. The Hall–Kier alpha value is -3.92. The average Bonchev–Trinajstić information content (AvgIpc) is 3.43. The Morgan fingerprint density at radius 1 is 1.21 bits per heavy atom. The van der Waals surface area contributed by atoms with Crippen molar-refractivity contribution >= 4 is 16.9 Å². The van der Waals surface area contributed by atoms with E-state index in [-0.39, 0.29) is 42.0 Å². The van der Waals surface area contributed by atoms with Gasteiger partial charge in [-0.15, -0.1) is 0 Å². The third-order valence-corrected chi connectivity index (χ3v) is 4.99. The molecule has 8 nitrogen and oxygen atoms in total. The summed E-state index contributed by atoms with van der Waals surface area (Å²) in [7, 11) is 0. The number of ether oxygens (including phenoxy) is 2. The Morgan fingerprint density at radius 3 is 2.74 bits per heavy atom. The second-order valence-corrected chi connectivity index (χ2v) is 7.43. The van der Waals surface area contributed by atoms with Crippen molar-refractivity contribution in [3.63, 3.8) is 0 Å². The highest BCUT2D eigenvalue weighted by molar-refractivity contribution is 5.94. The first-order chi connectivity index (χ1) is 16.4. The van der Waals surface area contributed by atoms with Crippen LogP contribution in [0.2, 0.25) is 0 Å². The molecule has 1 amide bonds. The molecule has 10 heteroatoms. The normalized spacial score (nSPS) is 12.2. The molecule has 0 spiro atoms. The molecule has 0 saturated heterocycles. The lowest BCUT2D eigenvalue weighted by molar-refractivity contribution is -0.0514. The number of halogens is 2. The molecule has 4 rings (SSSR count). The van der Waals surface area contributed by atoms with Crippen LogP contribution in [0.25, 0.3) is 22.4 Å². The van der Waals surface area contributed by atoms with Crippen LogP contribution >= 0.6 is 0 Å². The number of nitrogens with zero attached hydrogens (tertiary/aromatic N) is 1. The molecule has 0 radical (unpaired) electrons. The number of fused-ring (bicyclic) bond motifs is 1. The van der Waals surface area contributed by atoms with Crippen LogP contribution in [-0.4, -0.2) is 24.1 Å². The van der Waals surface area contributed by atoms with E-state index in [9.17, 15) is 13.6 Å². The summed E-state index contributed by atoms with van der Waals surface area (Å²) in [5, 5.41) is 3.71. The summed E-state index contributed by atoms with van der Waals surface area (Å²) in [5.74, 6) is -0.218. The molecular formula is C24H23F2N3O5. The van der Waals surface area contributed by atoms with E-state index in [0.29, 0.717) is 5.56 Å². The number of amides is 1. The Kier molecular flexibility index (Phi) is 6.78. The van der Waals surface area contributed by atoms with E-state index in [1.807, 2.05) is 24.3 Å². The van der Waals surface area contributed by atoms with Crippen molar-refractivity contribution in [3.8, 4) is 23.0 Å². The number of furan rings is 1. The van der Waals surface area contributed by atoms with Gasteiger partial charge in [0.25, 0.3) is 5.91 Å². The van der Waals surface area contributed by atoms with Crippen molar-refractivity contribution in [3.05, 3.63) is 65.7 Å². The minimum absolute atomic E-state index is 0.0312. The van der Waals surface area contributed by atoms with Crippen molar-refractivity contribution < 1.29 is 31.9 Å². The van der Waals surface area contributed by atoms with Crippen LogP contribution < -0.4 is 20.5 Å². The zero-order valence-electron chi connectivity index (χ0n) is 18.5. The van der Waals surface area contributed by atoms with Gasteiger partial charge < -0.3 is 29.4 Å². The molecule has 1 atom stereocenters. The van der Waals surface area contributed by atoms with Gasteiger partial charge in [0.15, 0.2) is 23.0 Å². The highest BCUT2D eigenvalue weighted by atomic mass is 19.3. The first-order valence-electron chi connectivity index (χ1n) is 10.6. The van der Waals surface area contributed by atoms with Gasteiger partial charge in [-0.1, -0.05) is 18.2 Å². The predicted octanol–water partition coefficient (Wildman–Crippen LogP) is 5.04. The maximum absolute atomic E-state index is 12.9. The molecule has 0 aliphatic carbocycles. The number of benzene rings is 2. The SMILES string of the molecule is CCOc1cc(-c2nc(C(=O)NCc3coc4ccccc34)c([C@H](C)N)o2)ccc1OC(F)F. The predicted molar refractivity (Wildman–Crippen MR) is 120 cm³/mol. The fourth-order valence-electron chi connectivity index (χ4n) is 3.46. The Labute approximate surface area is 193 Å². The van der Waals surface area contributed by atoms with Crippen molar-refractivity contribution in [2.45, 2.75) is 33.0 Å². The van der Waals surface area contributed by atoms with Crippen LogP contribution in [0.1, 0.15) is 41.7 Å². The number of alkyl halides is 2. The largest absolute Gasteiger partial charge is 0.490 e. The minimum Gasteiger partial charge on any atom is -0.490 e. The first-order valence-corrected chi connectivity index (χ1v) is 10.6. The van der Waals surface area contributed by atoms with Gasteiger partial charge in [-0.3, -0.25) is 4.79 Å². The molecule has 4 aromatic rings.